The monoisotopic (exact) mass is 566 g/mol. The van der Waals surface area contributed by atoms with Crippen LogP contribution in [0.15, 0.2) is 49.1 Å². The maximum atomic E-state index is 12.2. The Balaban J connectivity index is 1.48. The van der Waals surface area contributed by atoms with Gasteiger partial charge in [0.05, 0.1) is 12.4 Å². The summed E-state index contributed by atoms with van der Waals surface area (Å²) in [5.41, 5.74) is 1.83. The van der Waals surface area contributed by atoms with E-state index in [4.69, 9.17) is 18.6 Å². The van der Waals surface area contributed by atoms with Crippen molar-refractivity contribution in [1.29, 1.82) is 0 Å². The predicted molar refractivity (Wildman–Crippen MR) is 154 cm³/mol. The third kappa shape index (κ3) is 5.96. The molecule has 2 saturated heterocycles. The maximum Gasteiger partial charge on any atom is 0.320 e. The summed E-state index contributed by atoms with van der Waals surface area (Å²) >= 11 is 0. The summed E-state index contributed by atoms with van der Waals surface area (Å²) in [5, 5.41) is 5.45. The summed E-state index contributed by atoms with van der Waals surface area (Å²) in [6, 6.07) is 9.66. The minimum atomic E-state index is -1.42. The molecule has 6 atom stereocenters. The van der Waals surface area contributed by atoms with Crippen LogP contribution in [0, 0.1) is 5.41 Å². The van der Waals surface area contributed by atoms with Crippen LogP contribution in [0.3, 0.4) is 0 Å². The fourth-order valence-electron chi connectivity index (χ4n) is 5.13. The number of carbonyl (C=O) groups excluding carboxylic acids is 1. The highest BCUT2D eigenvalue weighted by atomic mass is 28.3. The van der Waals surface area contributed by atoms with E-state index in [1.165, 1.54) is 6.33 Å². The fourth-order valence-corrected chi connectivity index (χ4v) is 6.28. The van der Waals surface area contributed by atoms with Crippen LogP contribution in [0.4, 0.5) is 10.6 Å². The van der Waals surface area contributed by atoms with E-state index in [1.54, 1.807) is 6.33 Å². The molecule has 3 aromatic rings. The third-order valence-electron chi connectivity index (χ3n) is 6.83. The lowest BCUT2D eigenvalue weighted by atomic mass is 9.84. The van der Waals surface area contributed by atoms with Gasteiger partial charge in [-0.25, -0.2) is 19.7 Å². The zero-order valence-corrected chi connectivity index (χ0v) is 24.9. The molecule has 2 aliphatic rings. The van der Waals surface area contributed by atoms with Gasteiger partial charge in [0.15, 0.2) is 38.5 Å². The molecule has 0 saturated carbocycles. The van der Waals surface area contributed by atoms with Crippen molar-refractivity contribution in [2.24, 2.45) is 5.41 Å². The van der Waals surface area contributed by atoms with E-state index in [-0.39, 0.29) is 29.8 Å². The molecule has 2 fully saturated rings. The van der Waals surface area contributed by atoms with Crippen LogP contribution in [0.1, 0.15) is 39.5 Å². The van der Waals surface area contributed by atoms with Crippen molar-refractivity contribution in [3.05, 3.63) is 54.6 Å². The summed E-state index contributed by atoms with van der Waals surface area (Å²) in [7, 11) is -1.42. The Labute approximate surface area is 236 Å². The number of carbonyl (C=O) groups is 1. The Morgan fingerprint density at radius 2 is 1.88 bits per heavy atom. The molecule has 2 N–H and O–H groups in total. The molecule has 2 aromatic heterocycles. The minimum Gasteiger partial charge on any atom is -0.414 e. The molecule has 214 valence electrons. The van der Waals surface area contributed by atoms with Gasteiger partial charge < -0.3 is 24.0 Å². The van der Waals surface area contributed by atoms with Crippen molar-refractivity contribution in [3.63, 3.8) is 0 Å². The highest BCUT2D eigenvalue weighted by molar-refractivity contribution is 6.48. The average molecular weight is 567 g/mol. The van der Waals surface area contributed by atoms with Crippen molar-refractivity contribution in [3.8, 4) is 0 Å². The Morgan fingerprint density at radius 1 is 1.12 bits per heavy atom. The number of hydrogen-bond acceptors (Lipinski definition) is 8. The second-order valence-electron chi connectivity index (χ2n) is 11.3. The lowest BCUT2D eigenvalue weighted by molar-refractivity contribution is -0.158. The van der Waals surface area contributed by atoms with Gasteiger partial charge in [-0.15, -0.1) is 0 Å². The number of anilines is 1. The van der Waals surface area contributed by atoms with Crippen molar-refractivity contribution >= 4 is 38.1 Å². The van der Waals surface area contributed by atoms with Crippen LogP contribution in [0.25, 0.3) is 17.2 Å². The van der Waals surface area contributed by atoms with E-state index in [1.807, 2.05) is 54.0 Å². The first-order valence-corrected chi connectivity index (χ1v) is 16.5. The molecule has 1 aromatic carbocycles. The molecule has 11 nitrogen and oxygen atoms in total. The molecule has 12 heteroatoms. The minimum absolute atomic E-state index is 0.203. The van der Waals surface area contributed by atoms with E-state index in [9.17, 15) is 4.79 Å². The Morgan fingerprint density at radius 3 is 2.58 bits per heavy atom. The number of imidazole rings is 1. The molecular weight excluding hydrogens is 528 g/mol. The molecule has 2 amide bonds. The lowest BCUT2D eigenvalue weighted by Crippen LogP contribution is -2.48. The highest BCUT2D eigenvalue weighted by Gasteiger charge is 2.57. The van der Waals surface area contributed by atoms with E-state index < -0.39 is 27.7 Å². The highest BCUT2D eigenvalue weighted by Crippen LogP contribution is 2.45. The fraction of sp³-hybridized carbons (Fsp3) is 0.500. The van der Waals surface area contributed by atoms with Crippen molar-refractivity contribution in [2.75, 3.05) is 11.9 Å². The van der Waals surface area contributed by atoms with Gasteiger partial charge in [-0.05, 0) is 37.1 Å². The van der Waals surface area contributed by atoms with Crippen LogP contribution >= 0.6 is 0 Å². The van der Waals surface area contributed by atoms with E-state index >= 15 is 0 Å². The zero-order chi connectivity index (χ0) is 28.4. The summed E-state index contributed by atoms with van der Waals surface area (Å²) in [4.78, 5) is 25.4. The van der Waals surface area contributed by atoms with Crippen molar-refractivity contribution < 1.29 is 23.4 Å². The molecule has 0 radical (unpaired) electrons. The normalized spacial score (nSPS) is 25.5. The maximum absolute atomic E-state index is 12.2. The van der Waals surface area contributed by atoms with Crippen LogP contribution in [-0.4, -0.2) is 71.8 Å². The van der Waals surface area contributed by atoms with Crippen LogP contribution in [0.5, 0.6) is 0 Å². The first-order valence-electron chi connectivity index (χ1n) is 13.7. The number of aromatic nitrogens is 4. The summed E-state index contributed by atoms with van der Waals surface area (Å²) < 4.78 is 28.1. The van der Waals surface area contributed by atoms with Gasteiger partial charge in [0.2, 0.25) is 0 Å². The Bertz CT molecular complexity index is 1340. The van der Waals surface area contributed by atoms with Gasteiger partial charge in [0.25, 0.3) is 0 Å². The molecule has 5 rings (SSSR count). The second kappa shape index (κ2) is 11.8. The second-order valence-corrected chi connectivity index (χ2v) is 13.7. The number of amides is 2. The van der Waals surface area contributed by atoms with E-state index in [2.05, 4.69) is 59.5 Å². The van der Waals surface area contributed by atoms with Crippen LogP contribution < -0.4 is 10.6 Å². The SMILES string of the molecule is CCNC(=O)Nc1ncnc2c1ncn2C1OC(C(O[SiH](C)C)C(C)(C)C)C2OC(/C=C/c3ccccc3)OC21. The number of nitrogens with zero attached hydrogens (tertiary/aromatic N) is 4. The number of fused-ring (bicyclic) bond motifs is 2. The summed E-state index contributed by atoms with van der Waals surface area (Å²) in [5.74, 6) is 0.315. The Kier molecular flexibility index (Phi) is 8.33. The van der Waals surface area contributed by atoms with E-state index in [0.717, 1.165) is 5.56 Å². The standard InChI is InChI=1S/C28H38N6O5Si/c1-7-29-27(35)33-24-19-25(31-15-30-24)34(16-32-19)26-22-20(21(38-26)23(28(2,3)4)39-40(5)6)36-18(37-22)14-13-17-11-9-8-10-12-17/h8-16,18,20-23,26,40H,7H2,1-6H3,(H2,29,30,31,33,35)/b14-13+. The predicted octanol–water partition coefficient (Wildman–Crippen LogP) is 4.10. The molecule has 0 aliphatic carbocycles. The third-order valence-corrected chi connectivity index (χ3v) is 7.66. The molecule has 6 unspecified atom stereocenters. The smallest absolute Gasteiger partial charge is 0.320 e. The topological polar surface area (TPSA) is 122 Å². The number of urea groups is 1. The van der Waals surface area contributed by atoms with Gasteiger partial charge in [0, 0.05) is 6.54 Å². The molecule has 40 heavy (non-hydrogen) atoms. The summed E-state index contributed by atoms with van der Waals surface area (Å²) in [6.07, 6.45) is 4.42. The lowest BCUT2D eigenvalue weighted by Gasteiger charge is -2.38. The number of hydrogen-bond donors (Lipinski definition) is 2. The van der Waals surface area contributed by atoms with Gasteiger partial charge in [-0.2, -0.15) is 0 Å². The largest absolute Gasteiger partial charge is 0.414 e. The Hall–Kier alpha value is -3.16. The van der Waals surface area contributed by atoms with Gasteiger partial charge in [-0.1, -0.05) is 57.2 Å². The molecule has 0 bridgehead atoms. The van der Waals surface area contributed by atoms with E-state index in [0.29, 0.717) is 23.5 Å². The van der Waals surface area contributed by atoms with Crippen LogP contribution in [0.2, 0.25) is 13.1 Å². The van der Waals surface area contributed by atoms with Crippen molar-refractivity contribution in [1.82, 2.24) is 24.8 Å². The number of rotatable bonds is 8. The molecular formula is C28H38N6O5Si. The zero-order valence-electron chi connectivity index (χ0n) is 23.8. The average Bonchev–Trinajstić information content (AvgIpc) is 3.60. The molecule has 0 spiro atoms. The number of nitrogens with one attached hydrogen (secondary N) is 2. The summed E-state index contributed by atoms with van der Waals surface area (Å²) in [6.45, 7) is 13.1. The van der Waals surface area contributed by atoms with Crippen LogP contribution in [-0.2, 0) is 18.6 Å². The quantitative estimate of drug-likeness (QED) is 0.391. The molecule has 4 heterocycles. The first kappa shape index (κ1) is 28.4. The van der Waals surface area contributed by atoms with Crippen molar-refractivity contribution in [2.45, 2.75) is 77.7 Å². The number of ether oxygens (including phenoxy) is 3. The van der Waals surface area contributed by atoms with Gasteiger partial charge >= 0.3 is 6.03 Å². The first-order chi connectivity index (χ1) is 19.2. The molecule has 2 aliphatic heterocycles. The number of benzene rings is 1. The van der Waals surface area contributed by atoms with Gasteiger partial charge in [0.1, 0.15) is 24.6 Å². The van der Waals surface area contributed by atoms with Gasteiger partial charge in [-0.3, -0.25) is 9.88 Å².